The van der Waals surface area contributed by atoms with Crippen molar-refractivity contribution in [3.63, 3.8) is 0 Å². The number of aromatic amines is 1. The molecular weight excluding hydrogens is 402 g/mol. The summed E-state index contributed by atoms with van der Waals surface area (Å²) >= 11 is 0. The van der Waals surface area contributed by atoms with Gasteiger partial charge < -0.3 is 9.68 Å². The van der Waals surface area contributed by atoms with E-state index in [0.29, 0.717) is 24.7 Å². The van der Waals surface area contributed by atoms with Crippen molar-refractivity contribution in [1.29, 1.82) is 0 Å². The molecule has 0 bridgehead atoms. The molecule has 1 aromatic carbocycles. The van der Waals surface area contributed by atoms with Crippen molar-refractivity contribution in [2.24, 2.45) is 15.7 Å². The minimum Gasteiger partial charge on any atom is -0.395 e. The molecule has 0 amide bonds. The zero-order valence-corrected chi connectivity index (χ0v) is 19.2. The first-order chi connectivity index (χ1) is 15.4. The Balaban J connectivity index is 1.33. The number of oxime groups is 2. The lowest BCUT2D eigenvalue weighted by molar-refractivity contribution is -0.391. The summed E-state index contributed by atoms with van der Waals surface area (Å²) < 4.78 is 0. The molecule has 32 heavy (non-hydrogen) atoms. The molecule has 7 heteroatoms. The fourth-order valence-electron chi connectivity index (χ4n) is 3.57. The van der Waals surface area contributed by atoms with Crippen molar-refractivity contribution in [2.75, 3.05) is 13.2 Å². The van der Waals surface area contributed by atoms with E-state index in [-0.39, 0.29) is 5.41 Å². The molecule has 2 heterocycles. The molecule has 0 atom stereocenters. The van der Waals surface area contributed by atoms with Crippen LogP contribution < -0.4 is 4.98 Å². The number of aryl methyl sites for hydroxylation is 2. The van der Waals surface area contributed by atoms with Gasteiger partial charge in [-0.3, -0.25) is 0 Å². The predicted molar refractivity (Wildman–Crippen MR) is 125 cm³/mol. The molecule has 1 aliphatic carbocycles. The van der Waals surface area contributed by atoms with Gasteiger partial charge in [0.15, 0.2) is 17.2 Å². The van der Waals surface area contributed by atoms with Crippen molar-refractivity contribution in [1.82, 2.24) is 9.97 Å². The molecule has 0 saturated carbocycles. The summed E-state index contributed by atoms with van der Waals surface area (Å²) in [6.45, 7) is 8.85. The highest BCUT2D eigenvalue weighted by molar-refractivity contribution is 5.99. The van der Waals surface area contributed by atoms with Gasteiger partial charge in [0.25, 0.3) is 0 Å². The molecule has 0 fully saturated rings. The largest absolute Gasteiger partial charge is 0.395 e. The Bertz CT molecular complexity index is 1170. The number of H-pyrrole nitrogens is 1. The standard InChI is InChI=1S/C25H29N5O2/c1-17-12-13-19-9-7-11-22(23(19)27-17)30-32-16-25(3,4)15-31-29-18(2)24-26-14-20-8-5-6-10-21(20)28-24/h5-6,8,10,12-14H,7,9,11,15-16H2,1-4H3/p+1/b29-18+,30-22+. The number of nitrogens with zero attached hydrogens (tertiary/aromatic N) is 4. The summed E-state index contributed by atoms with van der Waals surface area (Å²) in [6, 6.07) is 12.1. The molecule has 0 spiro atoms. The van der Waals surface area contributed by atoms with Gasteiger partial charge in [-0.2, -0.15) is 0 Å². The highest BCUT2D eigenvalue weighted by Crippen LogP contribution is 2.20. The molecule has 1 N–H and O–H groups in total. The van der Waals surface area contributed by atoms with Crippen LogP contribution in [0.1, 0.15) is 56.4 Å². The van der Waals surface area contributed by atoms with E-state index in [4.69, 9.17) is 9.68 Å². The second kappa shape index (κ2) is 9.42. The lowest BCUT2D eigenvalue weighted by atomic mass is 9.94. The van der Waals surface area contributed by atoms with E-state index in [9.17, 15) is 0 Å². The maximum atomic E-state index is 5.74. The maximum Gasteiger partial charge on any atom is 0.232 e. The topological polar surface area (TPSA) is 83.1 Å². The third-order valence-electron chi connectivity index (χ3n) is 5.43. The van der Waals surface area contributed by atoms with Crippen molar-refractivity contribution in [3.05, 3.63) is 65.4 Å². The summed E-state index contributed by atoms with van der Waals surface area (Å²) in [5.41, 5.74) is 5.76. The summed E-state index contributed by atoms with van der Waals surface area (Å²) in [5.74, 6) is 0.562. The van der Waals surface area contributed by atoms with Crippen LogP contribution in [-0.2, 0) is 16.1 Å². The summed E-state index contributed by atoms with van der Waals surface area (Å²) in [5, 5.41) is 9.66. The molecule has 166 valence electrons. The second-order valence-corrected chi connectivity index (χ2v) is 9.07. The molecule has 3 aromatic rings. The Labute approximate surface area is 188 Å². The lowest BCUT2D eigenvalue weighted by Crippen LogP contribution is -2.27. The number of benzene rings is 1. The van der Waals surface area contributed by atoms with Gasteiger partial charge in [-0.25, -0.2) is 15.0 Å². The molecule has 0 unspecified atom stereocenters. The molecule has 4 rings (SSSR count). The quantitative estimate of drug-likeness (QED) is 0.412. The Morgan fingerprint density at radius 1 is 1.09 bits per heavy atom. The van der Waals surface area contributed by atoms with Gasteiger partial charge in [-0.05, 0) is 31.9 Å². The molecule has 0 radical (unpaired) electrons. The van der Waals surface area contributed by atoms with E-state index in [1.54, 1.807) is 6.20 Å². The van der Waals surface area contributed by atoms with E-state index in [2.05, 4.69) is 58.2 Å². The van der Waals surface area contributed by atoms with E-state index in [1.807, 2.05) is 31.2 Å². The van der Waals surface area contributed by atoms with Gasteiger partial charge in [0, 0.05) is 42.0 Å². The fourth-order valence-corrected chi connectivity index (χ4v) is 3.57. The van der Waals surface area contributed by atoms with Crippen molar-refractivity contribution in [2.45, 2.75) is 47.0 Å². The number of pyridine rings is 1. The molecule has 0 aliphatic heterocycles. The Morgan fingerprint density at radius 3 is 2.78 bits per heavy atom. The molecular formula is C25H30N5O2+. The normalized spacial score (nSPS) is 15.6. The zero-order valence-electron chi connectivity index (χ0n) is 19.2. The minimum absolute atomic E-state index is 0.258. The van der Waals surface area contributed by atoms with E-state index in [1.165, 1.54) is 5.56 Å². The fraction of sp³-hybridized carbons (Fsp3) is 0.400. The Morgan fingerprint density at radius 2 is 1.91 bits per heavy atom. The van der Waals surface area contributed by atoms with E-state index < -0.39 is 0 Å². The van der Waals surface area contributed by atoms with Gasteiger partial charge in [0.05, 0.1) is 5.52 Å². The van der Waals surface area contributed by atoms with Gasteiger partial charge in [0.1, 0.15) is 18.9 Å². The van der Waals surface area contributed by atoms with Crippen molar-refractivity contribution in [3.8, 4) is 0 Å². The van der Waals surface area contributed by atoms with Crippen LogP contribution in [-0.4, -0.2) is 34.6 Å². The van der Waals surface area contributed by atoms with Crippen LogP contribution in [0.5, 0.6) is 0 Å². The van der Waals surface area contributed by atoms with Gasteiger partial charge >= 0.3 is 0 Å². The molecule has 2 aromatic heterocycles. The zero-order chi connectivity index (χ0) is 22.6. The van der Waals surface area contributed by atoms with Gasteiger partial charge in [-0.15, -0.1) is 0 Å². The van der Waals surface area contributed by atoms with Crippen molar-refractivity contribution >= 4 is 22.3 Å². The second-order valence-electron chi connectivity index (χ2n) is 9.07. The highest BCUT2D eigenvalue weighted by atomic mass is 16.6. The first-order valence-electron chi connectivity index (χ1n) is 11.0. The van der Waals surface area contributed by atoms with Crippen LogP contribution >= 0.6 is 0 Å². The first-order valence-corrected chi connectivity index (χ1v) is 11.0. The van der Waals surface area contributed by atoms with Crippen LogP contribution in [0.2, 0.25) is 0 Å². The molecule has 1 aliphatic rings. The van der Waals surface area contributed by atoms with Crippen molar-refractivity contribution < 1.29 is 14.7 Å². The predicted octanol–water partition coefficient (Wildman–Crippen LogP) is 4.28. The lowest BCUT2D eigenvalue weighted by Gasteiger charge is -2.21. The summed E-state index contributed by atoms with van der Waals surface area (Å²) in [4.78, 5) is 23.7. The maximum absolute atomic E-state index is 5.74. The Kier molecular flexibility index (Phi) is 6.44. The van der Waals surface area contributed by atoms with Crippen LogP contribution in [0.3, 0.4) is 0 Å². The average molecular weight is 433 g/mol. The highest BCUT2D eigenvalue weighted by Gasteiger charge is 2.25. The summed E-state index contributed by atoms with van der Waals surface area (Å²) in [6.07, 6.45) is 4.88. The van der Waals surface area contributed by atoms with E-state index >= 15 is 0 Å². The molecule has 0 saturated heterocycles. The number of aromatic nitrogens is 3. The van der Waals surface area contributed by atoms with Gasteiger partial charge in [0.2, 0.25) is 5.69 Å². The number of rotatable bonds is 7. The minimum atomic E-state index is -0.258. The average Bonchev–Trinajstić information content (AvgIpc) is 2.78. The number of para-hydroxylation sites is 1. The monoisotopic (exact) mass is 432 g/mol. The SMILES string of the molecule is C/C(=N\OCC(C)(C)CO/N=C1\CCCc2ccc(C)[nH+]c21)c1ncc2ccccc2n1. The number of hydrogen-bond acceptors (Lipinski definition) is 6. The van der Waals surface area contributed by atoms with E-state index in [0.717, 1.165) is 47.3 Å². The van der Waals surface area contributed by atoms with Crippen LogP contribution in [0, 0.1) is 12.3 Å². The number of fused-ring (bicyclic) bond motifs is 2. The summed E-state index contributed by atoms with van der Waals surface area (Å²) in [7, 11) is 0. The van der Waals surface area contributed by atoms with Crippen LogP contribution in [0.15, 0.2) is 52.9 Å². The first kappa shape index (κ1) is 21.9. The van der Waals surface area contributed by atoms with Gasteiger partial charge in [-0.1, -0.05) is 42.4 Å². The smallest absolute Gasteiger partial charge is 0.232 e. The number of hydrogen-bond donors (Lipinski definition) is 0. The third-order valence-corrected chi connectivity index (χ3v) is 5.43. The Hall–Kier alpha value is -3.35. The number of nitrogens with one attached hydrogen (secondary N) is 1. The third kappa shape index (κ3) is 5.28. The molecule has 7 nitrogen and oxygen atoms in total. The van der Waals surface area contributed by atoms with Crippen LogP contribution in [0.4, 0.5) is 0 Å². The van der Waals surface area contributed by atoms with Crippen LogP contribution in [0.25, 0.3) is 10.9 Å².